The van der Waals surface area contributed by atoms with E-state index < -0.39 is 5.97 Å². The summed E-state index contributed by atoms with van der Waals surface area (Å²) >= 11 is 6.25. The number of H-pyrrole nitrogens is 1. The van der Waals surface area contributed by atoms with Crippen molar-refractivity contribution in [3.8, 4) is 5.69 Å². The van der Waals surface area contributed by atoms with Gasteiger partial charge in [0.15, 0.2) is 0 Å². The lowest BCUT2D eigenvalue weighted by molar-refractivity contribution is -0.136. The van der Waals surface area contributed by atoms with Crippen LogP contribution in [0.25, 0.3) is 27.5 Å². The number of aromatic amines is 1. The third-order valence-electron chi connectivity index (χ3n) is 4.96. The first-order valence-electron chi connectivity index (χ1n) is 9.05. The molecule has 4 rings (SSSR count). The van der Waals surface area contributed by atoms with Crippen LogP contribution in [-0.4, -0.2) is 25.8 Å². The second-order valence-electron chi connectivity index (χ2n) is 7.15. The van der Waals surface area contributed by atoms with Crippen LogP contribution < -0.4 is 0 Å². The highest BCUT2D eigenvalue weighted by Gasteiger charge is 2.22. The van der Waals surface area contributed by atoms with Gasteiger partial charge in [-0.2, -0.15) is 5.10 Å². The van der Waals surface area contributed by atoms with Crippen molar-refractivity contribution in [1.29, 1.82) is 0 Å². The van der Waals surface area contributed by atoms with Crippen LogP contribution in [0.5, 0.6) is 0 Å². The summed E-state index contributed by atoms with van der Waals surface area (Å²) in [5, 5.41) is 18.4. The molecule has 2 aromatic carbocycles. The van der Waals surface area contributed by atoms with Crippen molar-refractivity contribution in [2.75, 3.05) is 0 Å². The standard InChI is InChI=1S/C21H19ClFN3O2/c1-11(2)20-14(7-8-19(27)28)15-9-17-16(21(22)25-24-17)10-18(15)26(20)13-5-3-12(23)4-6-13/h3-6,9-11H,7-8H2,1-2H3,(H,24,25)(H,27,28). The first-order chi connectivity index (χ1) is 13.4. The summed E-state index contributed by atoms with van der Waals surface area (Å²) < 4.78 is 15.6. The van der Waals surface area contributed by atoms with E-state index in [1.54, 1.807) is 12.1 Å². The van der Waals surface area contributed by atoms with Gasteiger partial charge in [0.05, 0.1) is 11.0 Å². The summed E-state index contributed by atoms with van der Waals surface area (Å²) in [6.45, 7) is 4.13. The molecule has 2 aromatic heterocycles. The number of carbonyl (C=O) groups is 1. The van der Waals surface area contributed by atoms with E-state index in [1.807, 2.05) is 12.1 Å². The summed E-state index contributed by atoms with van der Waals surface area (Å²) in [5.41, 5.74) is 4.41. The molecular formula is C21H19ClFN3O2. The first kappa shape index (κ1) is 18.5. The Bertz CT molecular complexity index is 1190. The SMILES string of the molecule is CC(C)c1c(CCC(=O)O)c2cc3n[nH]c(Cl)c3cc2n1-c1ccc(F)cc1. The Morgan fingerprint density at radius 3 is 2.61 bits per heavy atom. The minimum atomic E-state index is -0.846. The van der Waals surface area contributed by atoms with Crippen molar-refractivity contribution in [1.82, 2.24) is 14.8 Å². The van der Waals surface area contributed by atoms with E-state index in [-0.39, 0.29) is 18.2 Å². The topological polar surface area (TPSA) is 70.9 Å². The number of hydrogen-bond donors (Lipinski definition) is 2. The molecule has 5 nitrogen and oxygen atoms in total. The molecule has 0 saturated carbocycles. The zero-order valence-electron chi connectivity index (χ0n) is 15.5. The van der Waals surface area contributed by atoms with Crippen molar-refractivity contribution in [3.63, 3.8) is 0 Å². The predicted molar refractivity (Wildman–Crippen MR) is 108 cm³/mol. The van der Waals surface area contributed by atoms with Gasteiger partial charge in [-0.3, -0.25) is 9.89 Å². The van der Waals surface area contributed by atoms with Crippen LogP contribution in [0.3, 0.4) is 0 Å². The fourth-order valence-electron chi connectivity index (χ4n) is 3.81. The number of nitrogens with one attached hydrogen (secondary N) is 1. The lowest BCUT2D eigenvalue weighted by Crippen LogP contribution is -2.06. The Labute approximate surface area is 165 Å². The summed E-state index contributed by atoms with van der Waals surface area (Å²) in [5.74, 6) is -1.02. The van der Waals surface area contributed by atoms with Crippen molar-refractivity contribution < 1.29 is 14.3 Å². The molecule has 0 aliphatic rings. The molecular weight excluding hydrogens is 381 g/mol. The molecule has 0 atom stereocenters. The molecule has 28 heavy (non-hydrogen) atoms. The normalized spacial score (nSPS) is 11.8. The maximum absolute atomic E-state index is 13.5. The van der Waals surface area contributed by atoms with Crippen LogP contribution in [-0.2, 0) is 11.2 Å². The molecule has 0 fully saturated rings. The number of carboxylic acids is 1. The number of benzene rings is 2. The third-order valence-corrected chi connectivity index (χ3v) is 5.25. The fraction of sp³-hybridized carbons (Fsp3) is 0.238. The highest BCUT2D eigenvalue weighted by Crippen LogP contribution is 2.37. The van der Waals surface area contributed by atoms with Gasteiger partial charge >= 0.3 is 5.97 Å². The van der Waals surface area contributed by atoms with Crippen molar-refractivity contribution in [3.05, 3.63) is 58.6 Å². The zero-order chi connectivity index (χ0) is 20.0. The van der Waals surface area contributed by atoms with Crippen LogP contribution in [0.1, 0.15) is 37.4 Å². The molecule has 0 bridgehead atoms. The van der Waals surface area contributed by atoms with Gasteiger partial charge in [-0.25, -0.2) is 4.39 Å². The molecule has 0 radical (unpaired) electrons. The van der Waals surface area contributed by atoms with Crippen molar-refractivity contribution in [2.24, 2.45) is 0 Å². The number of halogens is 2. The van der Waals surface area contributed by atoms with Gasteiger partial charge in [0, 0.05) is 28.6 Å². The summed E-state index contributed by atoms with van der Waals surface area (Å²) in [7, 11) is 0. The average Bonchev–Trinajstić information content (AvgIpc) is 3.17. The third kappa shape index (κ3) is 3.03. The molecule has 0 amide bonds. The molecule has 7 heteroatoms. The number of aliphatic carboxylic acids is 1. The Morgan fingerprint density at radius 1 is 1.25 bits per heavy atom. The molecule has 2 N–H and O–H groups in total. The van der Waals surface area contributed by atoms with Crippen LogP contribution in [0.15, 0.2) is 36.4 Å². The van der Waals surface area contributed by atoms with Gasteiger partial charge in [-0.1, -0.05) is 25.4 Å². The number of nitrogens with zero attached hydrogens (tertiary/aromatic N) is 2. The average molecular weight is 400 g/mol. The number of aromatic nitrogens is 3. The van der Waals surface area contributed by atoms with Crippen LogP contribution >= 0.6 is 11.6 Å². The van der Waals surface area contributed by atoms with E-state index in [0.29, 0.717) is 11.6 Å². The smallest absolute Gasteiger partial charge is 0.303 e. The monoisotopic (exact) mass is 399 g/mol. The van der Waals surface area contributed by atoms with Crippen LogP contribution in [0.2, 0.25) is 5.15 Å². The minimum absolute atomic E-state index is 0.0294. The highest BCUT2D eigenvalue weighted by molar-refractivity contribution is 6.34. The number of hydrogen-bond acceptors (Lipinski definition) is 2. The second-order valence-corrected chi connectivity index (χ2v) is 7.53. The number of fused-ring (bicyclic) bond motifs is 2. The second kappa shape index (κ2) is 6.95. The van der Waals surface area contributed by atoms with Crippen molar-refractivity contribution in [2.45, 2.75) is 32.6 Å². The summed E-state index contributed by atoms with van der Waals surface area (Å²) in [4.78, 5) is 11.2. The Hall–Kier alpha value is -2.86. The van der Waals surface area contributed by atoms with E-state index in [9.17, 15) is 14.3 Å². The van der Waals surface area contributed by atoms with Crippen molar-refractivity contribution >= 4 is 39.4 Å². The zero-order valence-corrected chi connectivity index (χ0v) is 16.2. The quantitative estimate of drug-likeness (QED) is 0.469. The number of aryl methyl sites for hydroxylation is 1. The summed E-state index contributed by atoms with van der Waals surface area (Å²) in [6, 6.07) is 10.2. The van der Waals surface area contributed by atoms with Gasteiger partial charge in [-0.15, -0.1) is 0 Å². The maximum Gasteiger partial charge on any atom is 0.303 e. The van der Waals surface area contributed by atoms with Gasteiger partial charge in [0.2, 0.25) is 0 Å². The molecule has 4 aromatic rings. The van der Waals surface area contributed by atoms with Gasteiger partial charge in [0.1, 0.15) is 11.0 Å². The lowest BCUT2D eigenvalue weighted by Gasteiger charge is -2.15. The lowest BCUT2D eigenvalue weighted by atomic mass is 9.99. The Balaban J connectivity index is 2.09. The number of carboxylic acid groups (broad SMARTS) is 1. The molecule has 144 valence electrons. The predicted octanol–water partition coefficient (Wildman–Crippen LogP) is 5.44. The van der Waals surface area contributed by atoms with E-state index in [1.165, 1.54) is 12.1 Å². The fourth-order valence-corrected chi connectivity index (χ4v) is 4.01. The van der Waals surface area contributed by atoms with E-state index in [2.05, 4.69) is 28.6 Å². The summed E-state index contributed by atoms with van der Waals surface area (Å²) in [6.07, 6.45) is 0.429. The van der Waals surface area contributed by atoms with E-state index >= 15 is 0 Å². The number of rotatable bonds is 5. The Kier molecular flexibility index (Phi) is 4.59. The largest absolute Gasteiger partial charge is 0.481 e. The highest BCUT2D eigenvalue weighted by atomic mass is 35.5. The van der Waals surface area contributed by atoms with E-state index in [4.69, 9.17) is 11.6 Å². The Morgan fingerprint density at radius 2 is 1.96 bits per heavy atom. The van der Waals surface area contributed by atoms with Crippen LogP contribution in [0.4, 0.5) is 4.39 Å². The van der Waals surface area contributed by atoms with E-state index in [0.717, 1.165) is 38.8 Å². The molecule has 2 heterocycles. The molecule has 0 aliphatic carbocycles. The molecule has 0 unspecified atom stereocenters. The molecule has 0 aliphatic heterocycles. The first-order valence-corrected chi connectivity index (χ1v) is 9.43. The van der Waals surface area contributed by atoms with Gasteiger partial charge in [-0.05, 0) is 54.3 Å². The minimum Gasteiger partial charge on any atom is -0.481 e. The molecule has 0 spiro atoms. The van der Waals surface area contributed by atoms with Crippen LogP contribution in [0, 0.1) is 5.82 Å². The van der Waals surface area contributed by atoms with Gasteiger partial charge in [0.25, 0.3) is 0 Å². The molecule has 0 saturated heterocycles. The van der Waals surface area contributed by atoms with Gasteiger partial charge < -0.3 is 9.67 Å². The maximum atomic E-state index is 13.5.